The third-order valence-corrected chi connectivity index (χ3v) is 4.05. The molecule has 2 aromatic heterocycles. The Kier molecular flexibility index (Phi) is 4.25. The van der Waals surface area contributed by atoms with Gasteiger partial charge in [-0.3, -0.25) is 0 Å². The second kappa shape index (κ2) is 5.91. The summed E-state index contributed by atoms with van der Waals surface area (Å²) in [5.74, 6) is 0.553. The highest BCUT2D eigenvalue weighted by molar-refractivity contribution is 7.99. The fraction of sp³-hybridized carbons (Fsp3) is 0.385. The Morgan fingerprint density at radius 1 is 1.50 bits per heavy atom. The molecule has 0 aliphatic heterocycles. The van der Waals surface area contributed by atoms with Crippen LogP contribution in [0, 0.1) is 0 Å². The van der Waals surface area contributed by atoms with Crippen LogP contribution in [0.15, 0.2) is 30.9 Å². The average molecular weight is 262 g/mol. The zero-order valence-corrected chi connectivity index (χ0v) is 11.5. The van der Waals surface area contributed by atoms with Gasteiger partial charge in [0.1, 0.15) is 5.82 Å². The molecule has 4 nitrogen and oxygen atoms in total. The van der Waals surface area contributed by atoms with Crippen molar-refractivity contribution in [1.82, 2.24) is 14.5 Å². The predicted molar refractivity (Wildman–Crippen MR) is 77.5 cm³/mol. The molecule has 0 spiro atoms. The van der Waals surface area contributed by atoms with E-state index in [1.165, 1.54) is 0 Å². The molecule has 0 saturated carbocycles. The molecular weight excluding hydrogens is 244 g/mol. The lowest BCUT2D eigenvalue weighted by atomic mass is 10.2. The smallest absolute Gasteiger partial charge is 0.132 e. The molecule has 0 fully saturated rings. The number of nitrogen functional groups attached to an aromatic ring is 1. The normalized spacial score (nSPS) is 12.6. The molecule has 18 heavy (non-hydrogen) atoms. The molecule has 0 aliphatic carbocycles. The van der Waals surface area contributed by atoms with Crippen LogP contribution in [0.3, 0.4) is 0 Å². The lowest BCUT2D eigenvalue weighted by molar-refractivity contribution is 0.645. The van der Waals surface area contributed by atoms with Gasteiger partial charge >= 0.3 is 0 Å². The molecule has 2 heterocycles. The van der Waals surface area contributed by atoms with E-state index in [-0.39, 0.29) is 0 Å². The van der Waals surface area contributed by atoms with Crippen LogP contribution in [0.5, 0.6) is 0 Å². The Morgan fingerprint density at radius 3 is 3.06 bits per heavy atom. The van der Waals surface area contributed by atoms with E-state index in [2.05, 4.69) is 27.7 Å². The van der Waals surface area contributed by atoms with Gasteiger partial charge in [-0.25, -0.2) is 9.97 Å². The number of hydrogen-bond donors (Lipinski definition) is 1. The molecule has 5 heteroatoms. The minimum Gasteiger partial charge on any atom is -0.383 e. The molecule has 0 bridgehead atoms. The summed E-state index contributed by atoms with van der Waals surface area (Å²) in [5.41, 5.74) is 7.89. The van der Waals surface area contributed by atoms with Crippen molar-refractivity contribution in [2.45, 2.75) is 25.1 Å². The Bertz CT molecular complexity index is 509. The zero-order valence-electron chi connectivity index (χ0n) is 10.7. The van der Waals surface area contributed by atoms with Gasteiger partial charge in [0.25, 0.3) is 0 Å². The first-order chi connectivity index (χ1) is 8.72. The van der Waals surface area contributed by atoms with Crippen molar-refractivity contribution in [3.05, 3.63) is 30.9 Å². The molecule has 0 saturated heterocycles. The Balaban J connectivity index is 2.20. The lowest BCUT2D eigenvalue weighted by Gasteiger charge is -2.12. The topological polar surface area (TPSA) is 56.7 Å². The van der Waals surface area contributed by atoms with Crippen LogP contribution in [0.1, 0.15) is 13.3 Å². The molecule has 0 amide bonds. The number of thioether (sulfide) groups is 1. The summed E-state index contributed by atoms with van der Waals surface area (Å²) in [5, 5.41) is 0.645. The van der Waals surface area contributed by atoms with Gasteiger partial charge in [-0.1, -0.05) is 6.92 Å². The number of aromatic nitrogens is 3. The van der Waals surface area contributed by atoms with Crippen LogP contribution in [-0.2, 0) is 6.54 Å². The molecule has 0 aromatic carbocycles. The van der Waals surface area contributed by atoms with Gasteiger partial charge in [0, 0.05) is 23.6 Å². The summed E-state index contributed by atoms with van der Waals surface area (Å²) < 4.78 is 2.14. The second-order valence-electron chi connectivity index (χ2n) is 4.24. The van der Waals surface area contributed by atoms with Crippen LogP contribution in [0.2, 0.25) is 0 Å². The van der Waals surface area contributed by atoms with E-state index in [9.17, 15) is 0 Å². The van der Waals surface area contributed by atoms with Gasteiger partial charge in [0.15, 0.2) is 0 Å². The zero-order chi connectivity index (χ0) is 13.0. The highest BCUT2D eigenvalue weighted by Crippen LogP contribution is 2.24. The van der Waals surface area contributed by atoms with E-state index in [0.29, 0.717) is 11.1 Å². The van der Waals surface area contributed by atoms with Crippen molar-refractivity contribution < 1.29 is 0 Å². The van der Waals surface area contributed by atoms with Gasteiger partial charge in [-0.2, -0.15) is 11.8 Å². The van der Waals surface area contributed by atoms with Crippen molar-refractivity contribution >= 4 is 17.6 Å². The maximum Gasteiger partial charge on any atom is 0.132 e. The molecule has 2 rings (SSSR count). The number of anilines is 1. The fourth-order valence-electron chi connectivity index (χ4n) is 1.80. The fourth-order valence-corrected chi connectivity index (χ4v) is 2.14. The van der Waals surface area contributed by atoms with Crippen molar-refractivity contribution in [3.63, 3.8) is 0 Å². The van der Waals surface area contributed by atoms with Crippen LogP contribution in [0.25, 0.3) is 11.3 Å². The number of nitrogens with zero attached hydrogens (tertiary/aromatic N) is 3. The molecule has 0 aliphatic rings. The monoisotopic (exact) mass is 262 g/mol. The molecule has 96 valence electrons. The van der Waals surface area contributed by atoms with Gasteiger partial charge in [-0.15, -0.1) is 0 Å². The van der Waals surface area contributed by atoms with Crippen molar-refractivity contribution in [2.75, 3.05) is 12.0 Å². The maximum atomic E-state index is 5.91. The first-order valence-electron chi connectivity index (χ1n) is 5.96. The summed E-state index contributed by atoms with van der Waals surface area (Å²) in [6, 6.07) is 3.88. The van der Waals surface area contributed by atoms with Gasteiger partial charge < -0.3 is 10.3 Å². The SMILES string of the molecule is CSC(C)CCn1cncc1-c1cccnc1N. The molecule has 2 aromatic rings. The predicted octanol–water partition coefficient (Wildman–Crippen LogP) is 2.67. The minimum atomic E-state index is 0.553. The Morgan fingerprint density at radius 2 is 2.33 bits per heavy atom. The van der Waals surface area contributed by atoms with Crippen LogP contribution in [0.4, 0.5) is 5.82 Å². The maximum absolute atomic E-state index is 5.91. The number of aryl methyl sites for hydroxylation is 1. The van der Waals surface area contributed by atoms with Crippen LogP contribution >= 0.6 is 11.8 Å². The second-order valence-corrected chi connectivity index (χ2v) is 5.52. The van der Waals surface area contributed by atoms with Gasteiger partial charge in [0.05, 0.1) is 18.2 Å². The highest BCUT2D eigenvalue weighted by atomic mass is 32.2. The molecule has 1 unspecified atom stereocenters. The number of rotatable bonds is 5. The summed E-state index contributed by atoms with van der Waals surface area (Å²) in [6.45, 7) is 3.19. The summed E-state index contributed by atoms with van der Waals surface area (Å²) in [4.78, 5) is 8.34. The van der Waals surface area contributed by atoms with Crippen molar-refractivity contribution in [3.8, 4) is 11.3 Å². The average Bonchev–Trinajstić information content (AvgIpc) is 2.84. The standard InChI is InChI=1S/C13H18N4S/c1-10(18-2)5-7-17-9-15-8-12(17)11-4-3-6-16-13(11)14/h3-4,6,8-10H,5,7H2,1-2H3,(H2,14,16). The first-order valence-corrected chi connectivity index (χ1v) is 7.25. The van der Waals surface area contributed by atoms with E-state index < -0.39 is 0 Å². The van der Waals surface area contributed by atoms with Crippen molar-refractivity contribution in [1.29, 1.82) is 0 Å². The summed E-state index contributed by atoms with van der Waals surface area (Å²) in [7, 11) is 0. The molecule has 2 N–H and O–H groups in total. The largest absolute Gasteiger partial charge is 0.383 e. The quantitative estimate of drug-likeness (QED) is 0.900. The van der Waals surface area contributed by atoms with Crippen molar-refractivity contribution in [2.24, 2.45) is 0 Å². The summed E-state index contributed by atoms with van der Waals surface area (Å²) in [6.07, 6.45) is 8.66. The Labute approximate surface area is 112 Å². The number of nitrogens with two attached hydrogens (primary N) is 1. The molecule has 1 atom stereocenters. The third kappa shape index (κ3) is 2.85. The van der Waals surface area contributed by atoms with Crippen LogP contribution in [-0.4, -0.2) is 26.0 Å². The minimum absolute atomic E-state index is 0.553. The van der Waals surface area contributed by atoms with E-state index in [4.69, 9.17) is 5.73 Å². The Hall–Kier alpha value is -1.49. The lowest BCUT2D eigenvalue weighted by Crippen LogP contribution is -2.06. The van der Waals surface area contributed by atoms with E-state index in [0.717, 1.165) is 24.2 Å². The highest BCUT2D eigenvalue weighted by Gasteiger charge is 2.09. The van der Waals surface area contributed by atoms with Crippen LogP contribution < -0.4 is 5.73 Å². The first kappa shape index (κ1) is 13.0. The van der Waals surface area contributed by atoms with Gasteiger partial charge in [0.2, 0.25) is 0 Å². The summed E-state index contributed by atoms with van der Waals surface area (Å²) >= 11 is 1.88. The number of pyridine rings is 1. The van der Waals surface area contributed by atoms with E-state index >= 15 is 0 Å². The van der Waals surface area contributed by atoms with E-state index in [1.807, 2.05) is 36.4 Å². The number of imidazole rings is 1. The third-order valence-electron chi connectivity index (χ3n) is 3.01. The van der Waals surface area contributed by atoms with Gasteiger partial charge in [-0.05, 0) is 24.8 Å². The molecule has 0 radical (unpaired) electrons. The van der Waals surface area contributed by atoms with E-state index in [1.54, 1.807) is 6.20 Å². The molecular formula is C13H18N4S. The number of hydrogen-bond acceptors (Lipinski definition) is 4.